The second-order valence-electron chi connectivity index (χ2n) is 7.88. The summed E-state index contributed by atoms with van der Waals surface area (Å²) in [5.41, 5.74) is 1.08. The van der Waals surface area contributed by atoms with Gasteiger partial charge in [0.25, 0.3) is 0 Å². The zero-order valence-electron chi connectivity index (χ0n) is 17.7. The first-order valence-electron chi connectivity index (χ1n) is 10.5. The van der Waals surface area contributed by atoms with E-state index in [1.165, 1.54) is 28.0 Å². The third-order valence-corrected chi connectivity index (χ3v) is 5.76. The number of carbonyl (C=O) groups is 3. The number of anilines is 1. The highest BCUT2D eigenvalue weighted by Crippen LogP contribution is 2.26. The predicted octanol–water partition coefficient (Wildman–Crippen LogP) is 2.36. The SMILES string of the molecule is COc1ccc(CN2C(=O)C3NCCCC3N(CC(=O)Nc3cccc(F)c3)C2=O)cc1. The van der Waals surface area contributed by atoms with Crippen LogP contribution in [0.5, 0.6) is 5.75 Å². The van der Waals surface area contributed by atoms with Crippen molar-refractivity contribution in [3.05, 3.63) is 59.9 Å². The minimum Gasteiger partial charge on any atom is -0.497 e. The molecule has 2 aromatic rings. The van der Waals surface area contributed by atoms with Gasteiger partial charge in [0.05, 0.1) is 19.7 Å². The average molecular weight is 440 g/mol. The standard InChI is InChI=1S/C23H25FN4O4/c1-32-18-9-7-15(8-10-18)13-28-22(30)21-19(6-3-11-25-21)27(23(28)31)14-20(29)26-17-5-2-4-16(24)12-17/h2,4-5,7-10,12,19,21,25H,3,6,11,13-14H2,1H3,(H,26,29). The Morgan fingerprint density at radius 2 is 2.00 bits per heavy atom. The lowest BCUT2D eigenvalue weighted by Gasteiger charge is -2.46. The Morgan fingerprint density at radius 1 is 1.22 bits per heavy atom. The predicted molar refractivity (Wildman–Crippen MR) is 115 cm³/mol. The fraction of sp³-hybridized carbons (Fsp3) is 0.348. The third kappa shape index (κ3) is 4.57. The van der Waals surface area contributed by atoms with Crippen LogP contribution in [0.15, 0.2) is 48.5 Å². The molecule has 2 aromatic carbocycles. The first-order chi connectivity index (χ1) is 15.5. The molecule has 2 fully saturated rings. The number of imide groups is 1. The average Bonchev–Trinajstić information content (AvgIpc) is 2.80. The Kier molecular flexibility index (Phi) is 6.36. The third-order valence-electron chi connectivity index (χ3n) is 5.76. The molecule has 0 radical (unpaired) electrons. The van der Waals surface area contributed by atoms with Gasteiger partial charge in [-0.2, -0.15) is 0 Å². The van der Waals surface area contributed by atoms with Gasteiger partial charge < -0.3 is 20.3 Å². The molecule has 0 saturated carbocycles. The van der Waals surface area contributed by atoms with E-state index in [2.05, 4.69) is 10.6 Å². The summed E-state index contributed by atoms with van der Waals surface area (Å²) in [4.78, 5) is 41.7. The van der Waals surface area contributed by atoms with Crippen LogP contribution in [-0.2, 0) is 16.1 Å². The summed E-state index contributed by atoms with van der Waals surface area (Å²) in [7, 11) is 1.56. The molecule has 0 aromatic heterocycles. The van der Waals surface area contributed by atoms with Crippen molar-refractivity contribution in [2.45, 2.75) is 31.5 Å². The van der Waals surface area contributed by atoms with E-state index < -0.39 is 29.8 Å². The number of halogens is 1. The van der Waals surface area contributed by atoms with Crippen molar-refractivity contribution in [3.63, 3.8) is 0 Å². The van der Waals surface area contributed by atoms with Crippen LogP contribution < -0.4 is 15.4 Å². The van der Waals surface area contributed by atoms with Crippen LogP contribution in [0.25, 0.3) is 0 Å². The fourth-order valence-electron chi connectivity index (χ4n) is 4.18. The maximum absolute atomic E-state index is 13.4. The number of methoxy groups -OCH3 is 1. The van der Waals surface area contributed by atoms with Crippen LogP contribution in [-0.4, -0.2) is 59.9 Å². The highest BCUT2D eigenvalue weighted by molar-refractivity contribution is 6.02. The molecule has 2 N–H and O–H groups in total. The smallest absolute Gasteiger partial charge is 0.327 e. The van der Waals surface area contributed by atoms with Crippen molar-refractivity contribution in [2.75, 3.05) is 25.5 Å². The molecule has 9 heteroatoms. The number of urea groups is 1. The largest absolute Gasteiger partial charge is 0.497 e. The zero-order valence-corrected chi connectivity index (χ0v) is 17.7. The number of piperidine rings is 1. The van der Waals surface area contributed by atoms with Crippen molar-refractivity contribution in [1.82, 2.24) is 15.1 Å². The van der Waals surface area contributed by atoms with Gasteiger partial charge in [-0.25, -0.2) is 9.18 Å². The number of rotatable bonds is 6. The number of fused-ring (bicyclic) bond motifs is 1. The second kappa shape index (κ2) is 9.35. The number of ether oxygens (including phenoxy) is 1. The molecule has 2 saturated heterocycles. The molecule has 0 bridgehead atoms. The van der Waals surface area contributed by atoms with Crippen molar-refractivity contribution in [3.8, 4) is 5.75 Å². The van der Waals surface area contributed by atoms with Crippen molar-refractivity contribution in [1.29, 1.82) is 0 Å². The van der Waals surface area contributed by atoms with E-state index in [-0.39, 0.29) is 19.0 Å². The summed E-state index contributed by atoms with van der Waals surface area (Å²) < 4.78 is 18.6. The summed E-state index contributed by atoms with van der Waals surface area (Å²) in [6.07, 6.45) is 1.42. The maximum Gasteiger partial charge on any atom is 0.327 e. The van der Waals surface area contributed by atoms with Gasteiger partial charge in [0.1, 0.15) is 24.2 Å². The highest BCUT2D eigenvalue weighted by atomic mass is 19.1. The van der Waals surface area contributed by atoms with Crippen LogP contribution >= 0.6 is 0 Å². The molecule has 2 unspecified atom stereocenters. The van der Waals surface area contributed by atoms with Crippen LogP contribution in [0.1, 0.15) is 18.4 Å². The number of carbonyl (C=O) groups excluding carboxylic acids is 3. The van der Waals surface area contributed by atoms with Gasteiger partial charge in [0.15, 0.2) is 0 Å². The molecule has 2 aliphatic rings. The van der Waals surface area contributed by atoms with Crippen LogP contribution in [0.4, 0.5) is 14.9 Å². The molecule has 32 heavy (non-hydrogen) atoms. The molecule has 4 rings (SSSR count). The lowest BCUT2D eigenvalue weighted by molar-refractivity contribution is -0.138. The number of amides is 4. The van der Waals surface area contributed by atoms with E-state index in [4.69, 9.17) is 4.74 Å². The molecule has 0 spiro atoms. The Bertz CT molecular complexity index is 1010. The van der Waals surface area contributed by atoms with Crippen molar-refractivity contribution in [2.24, 2.45) is 0 Å². The van der Waals surface area contributed by atoms with Gasteiger partial charge >= 0.3 is 6.03 Å². The molecular weight excluding hydrogens is 415 g/mol. The van der Waals surface area contributed by atoms with Crippen LogP contribution in [0.2, 0.25) is 0 Å². The fourth-order valence-corrected chi connectivity index (χ4v) is 4.18. The van der Waals surface area contributed by atoms with Gasteiger partial charge in [0, 0.05) is 5.69 Å². The summed E-state index contributed by atoms with van der Waals surface area (Å²) in [6, 6.07) is 11.2. The van der Waals surface area contributed by atoms with E-state index in [1.807, 2.05) is 0 Å². The first-order valence-corrected chi connectivity index (χ1v) is 10.5. The molecule has 0 aliphatic carbocycles. The molecule has 2 heterocycles. The van der Waals surface area contributed by atoms with Gasteiger partial charge in [-0.15, -0.1) is 0 Å². The van der Waals surface area contributed by atoms with Crippen LogP contribution in [0, 0.1) is 5.82 Å². The van der Waals surface area contributed by atoms with Gasteiger partial charge in [-0.3, -0.25) is 14.5 Å². The summed E-state index contributed by atoms with van der Waals surface area (Å²) in [6.45, 7) is 0.528. The van der Waals surface area contributed by atoms with Gasteiger partial charge in [0.2, 0.25) is 11.8 Å². The molecule has 168 valence electrons. The van der Waals surface area contributed by atoms with Crippen LogP contribution in [0.3, 0.4) is 0 Å². The highest BCUT2D eigenvalue weighted by Gasteiger charge is 2.47. The molecule has 2 atom stereocenters. The molecular formula is C23H25FN4O4. The number of benzene rings is 2. The Balaban J connectivity index is 1.53. The van der Waals surface area contributed by atoms with Gasteiger partial charge in [-0.05, 0) is 55.3 Å². The number of hydrogen-bond donors (Lipinski definition) is 2. The van der Waals surface area contributed by atoms with Crippen molar-refractivity contribution >= 4 is 23.5 Å². The van der Waals surface area contributed by atoms with E-state index in [1.54, 1.807) is 37.4 Å². The topological polar surface area (TPSA) is 91.0 Å². The lowest BCUT2D eigenvalue weighted by atomic mass is 9.93. The number of hydrogen-bond acceptors (Lipinski definition) is 5. The first kappa shape index (κ1) is 21.8. The molecule has 2 aliphatic heterocycles. The van der Waals surface area contributed by atoms with E-state index in [9.17, 15) is 18.8 Å². The van der Waals surface area contributed by atoms with E-state index in [0.717, 1.165) is 12.0 Å². The number of nitrogens with zero attached hydrogens (tertiary/aromatic N) is 2. The Morgan fingerprint density at radius 3 is 2.72 bits per heavy atom. The maximum atomic E-state index is 13.4. The lowest BCUT2D eigenvalue weighted by Crippen LogP contribution is -2.70. The zero-order chi connectivity index (χ0) is 22.7. The monoisotopic (exact) mass is 440 g/mol. The van der Waals surface area contributed by atoms with E-state index >= 15 is 0 Å². The second-order valence-corrected chi connectivity index (χ2v) is 7.88. The molecule has 4 amide bonds. The number of nitrogens with one attached hydrogen (secondary N) is 2. The van der Waals surface area contributed by atoms with Gasteiger partial charge in [-0.1, -0.05) is 18.2 Å². The minimum absolute atomic E-state index is 0.0918. The van der Waals surface area contributed by atoms with Crippen molar-refractivity contribution < 1.29 is 23.5 Å². The summed E-state index contributed by atoms with van der Waals surface area (Å²) >= 11 is 0. The summed E-state index contributed by atoms with van der Waals surface area (Å²) in [5.74, 6) is -0.538. The normalized spacial score (nSPS) is 20.7. The quantitative estimate of drug-likeness (QED) is 0.720. The van der Waals surface area contributed by atoms with E-state index in [0.29, 0.717) is 24.4 Å². The minimum atomic E-state index is -0.568. The Labute approximate surface area is 185 Å². The Hall–Kier alpha value is -3.46. The molecule has 8 nitrogen and oxygen atoms in total. The summed E-state index contributed by atoms with van der Waals surface area (Å²) in [5, 5.41) is 5.82.